The van der Waals surface area contributed by atoms with Crippen LogP contribution in [-0.2, 0) is 0 Å². The average Bonchev–Trinajstić information content (AvgIpc) is 3.00. The summed E-state index contributed by atoms with van der Waals surface area (Å²) in [4.78, 5) is 4.32. The summed E-state index contributed by atoms with van der Waals surface area (Å²) in [5, 5.41) is 7.51. The minimum absolute atomic E-state index is 0.546. The van der Waals surface area contributed by atoms with E-state index in [0.717, 1.165) is 17.2 Å². The second-order valence-corrected chi connectivity index (χ2v) is 5.35. The number of aromatic nitrogens is 2. The zero-order valence-electron chi connectivity index (χ0n) is 11.4. The first-order chi connectivity index (χ1) is 9.24. The van der Waals surface area contributed by atoms with Crippen molar-refractivity contribution in [2.24, 2.45) is 5.92 Å². The lowest BCUT2D eigenvalue weighted by Gasteiger charge is -2.20. The number of nitrogens with zero attached hydrogens (tertiary/aromatic N) is 2. The van der Waals surface area contributed by atoms with Crippen molar-refractivity contribution < 1.29 is 4.52 Å². The zero-order valence-corrected chi connectivity index (χ0v) is 11.4. The Morgan fingerprint density at radius 3 is 2.79 bits per heavy atom. The standard InChI is InChI=1S/C15H19N3O/c1-10-6-5-9-13(10)17-14-8-4-3-7-12(14)15-16-11(2)18-19-15/h3-4,7-8,10,13,17H,5-6,9H2,1-2H3. The Hall–Kier alpha value is -1.84. The summed E-state index contributed by atoms with van der Waals surface area (Å²) in [5.74, 6) is 1.97. The molecule has 1 fully saturated rings. The van der Waals surface area contributed by atoms with Crippen LogP contribution >= 0.6 is 0 Å². The van der Waals surface area contributed by atoms with Crippen molar-refractivity contribution in [3.63, 3.8) is 0 Å². The van der Waals surface area contributed by atoms with Crippen LogP contribution in [0.2, 0.25) is 0 Å². The smallest absolute Gasteiger partial charge is 0.260 e. The number of benzene rings is 1. The van der Waals surface area contributed by atoms with Gasteiger partial charge in [0.15, 0.2) is 5.82 Å². The van der Waals surface area contributed by atoms with Crippen molar-refractivity contribution in [3.05, 3.63) is 30.1 Å². The van der Waals surface area contributed by atoms with E-state index in [1.165, 1.54) is 19.3 Å². The Labute approximate surface area is 113 Å². The predicted molar refractivity (Wildman–Crippen MR) is 74.9 cm³/mol. The fourth-order valence-corrected chi connectivity index (χ4v) is 2.76. The number of para-hydroxylation sites is 1. The summed E-state index contributed by atoms with van der Waals surface area (Å²) in [6.45, 7) is 4.15. The number of rotatable bonds is 3. The summed E-state index contributed by atoms with van der Waals surface area (Å²) in [7, 11) is 0. The maximum absolute atomic E-state index is 5.28. The van der Waals surface area contributed by atoms with E-state index in [2.05, 4.69) is 28.4 Å². The molecule has 0 bridgehead atoms. The van der Waals surface area contributed by atoms with E-state index in [4.69, 9.17) is 4.52 Å². The summed E-state index contributed by atoms with van der Waals surface area (Å²) < 4.78 is 5.28. The molecule has 19 heavy (non-hydrogen) atoms. The van der Waals surface area contributed by atoms with E-state index in [9.17, 15) is 0 Å². The van der Waals surface area contributed by atoms with Crippen LogP contribution in [-0.4, -0.2) is 16.2 Å². The minimum atomic E-state index is 0.546. The molecule has 2 atom stereocenters. The Morgan fingerprint density at radius 2 is 2.11 bits per heavy atom. The highest BCUT2D eigenvalue weighted by Crippen LogP contribution is 2.32. The van der Waals surface area contributed by atoms with E-state index in [1.54, 1.807) is 0 Å². The molecule has 2 aromatic rings. The molecule has 4 nitrogen and oxygen atoms in total. The quantitative estimate of drug-likeness (QED) is 0.912. The third kappa shape index (κ3) is 2.48. The van der Waals surface area contributed by atoms with Gasteiger partial charge in [0.1, 0.15) is 0 Å². The fourth-order valence-electron chi connectivity index (χ4n) is 2.76. The van der Waals surface area contributed by atoms with E-state index < -0.39 is 0 Å². The van der Waals surface area contributed by atoms with Gasteiger partial charge < -0.3 is 9.84 Å². The molecule has 4 heteroatoms. The van der Waals surface area contributed by atoms with Crippen LogP contribution in [0.1, 0.15) is 32.0 Å². The van der Waals surface area contributed by atoms with Crippen LogP contribution in [0.3, 0.4) is 0 Å². The topological polar surface area (TPSA) is 51.0 Å². The highest BCUT2D eigenvalue weighted by Gasteiger charge is 2.24. The minimum Gasteiger partial charge on any atom is -0.381 e. The lowest BCUT2D eigenvalue weighted by molar-refractivity contribution is 0.425. The molecule has 1 aromatic heterocycles. The Morgan fingerprint density at radius 1 is 1.26 bits per heavy atom. The molecule has 1 saturated carbocycles. The van der Waals surface area contributed by atoms with Gasteiger partial charge in [0.25, 0.3) is 5.89 Å². The molecule has 0 saturated heterocycles. The molecule has 0 radical (unpaired) electrons. The third-order valence-corrected chi connectivity index (χ3v) is 3.89. The molecule has 1 heterocycles. The third-order valence-electron chi connectivity index (χ3n) is 3.89. The van der Waals surface area contributed by atoms with E-state index in [1.807, 2.05) is 25.1 Å². The highest BCUT2D eigenvalue weighted by molar-refractivity contribution is 5.72. The van der Waals surface area contributed by atoms with Crippen molar-refractivity contribution in [1.29, 1.82) is 0 Å². The lowest BCUT2D eigenvalue weighted by atomic mass is 10.1. The van der Waals surface area contributed by atoms with Gasteiger partial charge in [0.2, 0.25) is 0 Å². The van der Waals surface area contributed by atoms with Gasteiger partial charge in [-0.05, 0) is 37.8 Å². The number of anilines is 1. The first-order valence-electron chi connectivity index (χ1n) is 6.90. The van der Waals surface area contributed by atoms with E-state index in [-0.39, 0.29) is 0 Å². The second-order valence-electron chi connectivity index (χ2n) is 5.35. The lowest BCUT2D eigenvalue weighted by Crippen LogP contribution is -2.22. The largest absolute Gasteiger partial charge is 0.381 e. The zero-order chi connectivity index (χ0) is 13.2. The van der Waals surface area contributed by atoms with Gasteiger partial charge >= 0.3 is 0 Å². The van der Waals surface area contributed by atoms with E-state index >= 15 is 0 Å². The first-order valence-corrected chi connectivity index (χ1v) is 6.90. The van der Waals surface area contributed by atoms with Gasteiger partial charge in [-0.25, -0.2) is 0 Å². The number of nitrogens with one attached hydrogen (secondary N) is 1. The fraction of sp³-hybridized carbons (Fsp3) is 0.467. The SMILES string of the molecule is Cc1noc(-c2ccccc2NC2CCCC2C)n1. The maximum atomic E-state index is 5.28. The Kier molecular flexibility index (Phi) is 3.23. The van der Waals surface area contributed by atoms with Gasteiger partial charge in [-0.1, -0.05) is 30.6 Å². The van der Waals surface area contributed by atoms with Crippen LogP contribution in [0.5, 0.6) is 0 Å². The molecule has 1 aliphatic carbocycles. The monoisotopic (exact) mass is 257 g/mol. The number of hydrogen-bond donors (Lipinski definition) is 1. The van der Waals surface area contributed by atoms with Crippen LogP contribution in [0.25, 0.3) is 11.5 Å². The Balaban J connectivity index is 1.89. The van der Waals surface area contributed by atoms with Crippen LogP contribution < -0.4 is 5.32 Å². The molecule has 3 rings (SSSR count). The van der Waals surface area contributed by atoms with E-state index in [0.29, 0.717) is 17.8 Å². The second kappa shape index (κ2) is 5.03. The van der Waals surface area contributed by atoms with Gasteiger partial charge in [0.05, 0.1) is 5.56 Å². The molecule has 0 spiro atoms. The Bertz CT molecular complexity index is 564. The molecule has 1 aliphatic rings. The molecule has 100 valence electrons. The van der Waals surface area contributed by atoms with Crippen molar-refractivity contribution in [1.82, 2.24) is 10.1 Å². The summed E-state index contributed by atoms with van der Waals surface area (Å²) >= 11 is 0. The van der Waals surface area contributed by atoms with Gasteiger partial charge in [-0.15, -0.1) is 0 Å². The molecule has 0 aliphatic heterocycles. The average molecular weight is 257 g/mol. The molecule has 2 unspecified atom stereocenters. The van der Waals surface area contributed by atoms with Crippen molar-refractivity contribution in [3.8, 4) is 11.5 Å². The highest BCUT2D eigenvalue weighted by atomic mass is 16.5. The van der Waals surface area contributed by atoms with Gasteiger partial charge in [-0.3, -0.25) is 0 Å². The van der Waals surface area contributed by atoms with Gasteiger partial charge in [0, 0.05) is 11.7 Å². The number of aryl methyl sites for hydroxylation is 1. The number of hydrogen-bond acceptors (Lipinski definition) is 4. The maximum Gasteiger partial charge on any atom is 0.260 e. The van der Waals surface area contributed by atoms with Crippen LogP contribution in [0.15, 0.2) is 28.8 Å². The predicted octanol–water partition coefficient (Wildman–Crippen LogP) is 3.65. The summed E-state index contributed by atoms with van der Waals surface area (Å²) in [6.07, 6.45) is 3.85. The van der Waals surface area contributed by atoms with Crippen LogP contribution in [0, 0.1) is 12.8 Å². The van der Waals surface area contributed by atoms with Crippen LogP contribution in [0.4, 0.5) is 5.69 Å². The molecular weight excluding hydrogens is 238 g/mol. The first kappa shape index (κ1) is 12.2. The summed E-state index contributed by atoms with van der Waals surface area (Å²) in [5.41, 5.74) is 2.08. The molecular formula is C15H19N3O. The van der Waals surface area contributed by atoms with Gasteiger partial charge in [-0.2, -0.15) is 4.98 Å². The molecule has 1 N–H and O–H groups in total. The van der Waals surface area contributed by atoms with Crippen molar-refractivity contribution >= 4 is 5.69 Å². The van der Waals surface area contributed by atoms with Crippen molar-refractivity contribution in [2.75, 3.05) is 5.32 Å². The molecule has 1 aromatic carbocycles. The normalized spacial score (nSPS) is 22.6. The summed E-state index contributed by atoms with van der Waals surface area (Å²) in [6, 6.07) is 8.69. The van der Waals surface area contributed by atoms with Crippen molar-refractivity contribution in [2.45, 2.75) is 39.2 Å². The molecule has 0 amide bonds.